The van der Waals surface area contributed by atoms with Gasteiger partial charge < -0.3 is 10.0 Å². The summed E-state index contributed by atoms with van der Waals surface area (Å²) in [5.74, 6) is 0. The molecule has 0 bridgehead atoms. The molecule has 0 aliphatic rings. The van der Waals surface area contributed by atoms with Gasteiger partial charge in [-0.25, -0.2) is 0 Å². The van der Waals surface area contributed by atoms with Gasteiger partial charge in [0, 0.05) is 5.02 Å². The van der Waals surface area contributed by atoms with E-state index in [0.29, 0.717) is 10.5 Å². The summed E-state index contributed by atoms with van der Waals surface area (Å²) in [5.41, 5.74) is 2.13. The highest BCUT2D eigenvalue weighted by Gasteiger charge is 2.17. The van der Waals surface area contributed by atoms with E-state index < -0.39 is 7.12 Å². The number of benzene rings is 2. The largest absolute Gasteiger partial charge is 0.489 e. The van der Waals surface area contributed by atoms with Gasteiger partial charge >= 0.3 is 7.12 Å². The third-order valence-electron chi connectivity index (χ3n) is 2.38. The molecule has 16 heavy (non-hydrogen) atoms. The first-order valence-corrected chi connectivity index (χ1v) is 5.27. The lowest BCUT2D eigenvalue weighted by Gasteiger charge is -2.09. The zero-order valence-corrected chi connectivity index (χ0v) is 9.22. The molecule has 2 aromatic rings. The average molecular weight is 232 g/mol. The summed E-state index contributed by atoms with van der Waals surface area (Å²) >= 11 is 5.83. The van der Waals surface area contributed by atoms with Gasteiger partial charge in [-0.05, 0) is 28.7 Å². The van der Waals surface area contributed by atoms with Crippen LogP contribution in [0.15, 0.2) is 48.5 Å². The van der Waals surface area contributed by atoms with Crippen LogP contribution in [0.4, 0.5) is 0 Å². The third-order valence-corrected chi connectivity index (χ3v) is 2.61. The smallest absolute Gasteiger partial charge is 0.423 e. The molecule has 0 saturated carbocycles. The molecular formula is C12H10BClO2. The molecule has 2 N–H and O–H groups in total. The maximum Gasteiger partial charge on any atom is 0.489 e. The van der Waals surface area contributed by atoms with Crippen molar-refractivity contribution in [3.63, 3.8) is 0 Å². The van der Waals surface area contributed by atoms with Crippen LogP contribution in [0.3, 0.4) is 0 Å². The molecule has 2 nitrogen and oxygen atoms in total. The van der Waals surface area contributed by atoms with Crippen LogP contribution in [-0.2, 0) is 0 Å². The number of hydrogen-bond donors (Lipinski definition) is 2. The Morgan fingerprint density at radius 3 is 2.25 bits per heavy atom. The number of halogens is 1. The van der Waals surface area contributed by atoms with Crippen molar-refractivity contribution in [2.75, 3.05) is 0 Å². The molecule has 2 aromatic carbocycles. The zero-order chi connectivity index (χ0) is 11.5. The Morgan fingerprint density at radius 1 is 0.938 bits per heavy atom. The highest BCUT2D eigenvalue weighted by atomic mass is 35.5. The van der Waals surface area contributed by atoms with Crippen molar-refractivity contribution in [2.24, 2.45) is 0 Å². The molecule has 0 aliphatic carbocycles. The van der Waals surface area contributed by atoms with Gasteiger partial charge in [0.1, 0.15) is 0 Å². The molecule has 0 radical (unpaired) electrons. The lowest BCUT2D eigenvalue weighted by Crippen LogP contribution is -2.31. The summed E-state index contributed by atoms with van der Waals surface area (Å²) in [6.07, 6.45) is 0. The van der Waals surface area contributed by atoms with E-state index in [2.05, 4.69) is 0 Å². The van der Waals surface area contributed by atoms with Crippen LogP contribution in [0.5, 0.6) is 0 Å². The quantitative estimate of drug-likeness (QED) is 0.774. The van der Waals surface area contributed by atoms with Crippen LogP contribution < -0.4 is 5.46 Å². The minimum Gasteiger partial charge on any atom is -0.423 e. The van der Waals surface area contributed by atoms with Gasteiger partial charge in [0.2, 0.25) is 0 Å². The van der Waals surface area contributed by atoms with Crippen LogP contribution in [0.25, 0.3) is 11.1 Å². The molecule has 0 spiro atoms. The molecule has 0 heterocycles. The molecule has 0 aliphatic heterocycles. The Bertz CT molecular complexity index is 486. The van der Waals surface area contributed by atoms with Gasteiger partial charge in [0.15, 0.2) is 0 Å². The molecule has 0 unspecified atom stereocenters. The van der Waals surface area contributed by atoms with Crippen molar-refractivity contribution < 1.29 is 10.0 Å². The summed E-state index contributed by atoms with van der Waals surface area (Å²) < 4.78 is 0. The van der Waals surface area contributed by atoms with E-state index in [-0.39, 0.29) is 0 Å². The van der Waals surface area contributed by atoms with Gasteiger partial charge in [-0.2, -0.15) is 0 Å². The van der Waals surface area contributed by atoms with Crippen molar-refractivity contribution >= 4 is 24.2 Å². The van der Waals surface area contributed by atoms with E-state index in [0.717, 1.165) is 11.1 Å². The predicted octanol–water partition coefficient (Wildman–Crippen LogP) is 1.69. The van der Waals surface area contributed by atoms with E-state index in [9.17, 15) is 10.0 Å². The van der Waals surface area contributed by atoms with Crippen LogP contribution in [0.2, 0.25) is 5.02 Å². The summed E-state index contributed by atoms with van der Waals surface area (Å²) in [6, 6.07) is 14.6. The first-order valence-electron chi connectivity index (χ1n) is 4.89. The van der Waals surface area contributed by atoms with E-state index in [1.54, 1.807) is 18.2 Å². The average Bonchev–Trinajstić information content (AvgIpc) is 2.30. The van der Waals surface area contributed by atoms with Gasteiger partial charge in [0.05, 0.1) is 0 Å². The Balaban J connectivity index is 2.57. The Morgan fingerprint density at radius 2 is 1.62 bits per heavy atom. The van der Waals surface area contributed by atoms with E-state index >= 15 is 0 Å². The SMILES string of the molecule is OB(O)c1cc(Cl)ccc1-c1ccccc1. The van der Waals surface area contributed by atoms with Crippen molar-refractivity contribution in [2.45, 2.75) is 0 Å². The zero-order valence-electron chi connectivity index (χ0n) is 8.47. The molecule has 2 rings (SSSR count). The topological polar surface area (TPSA) is 40.5 Å². The monoisotopic (exact) mass is 232 g/mol. The second-order valence-electron chi connectivity index (χ2n) is 3.47. The second kappa shape index (κ2) is 4.70. The van der Waals surface area contributed by atoms with E-state index in [1.807, 2.05) is 30.3 Å². The number of rotatable bonds is 2. The van der Waals surface area contributed by atoms with Gasteiger partial charge in [-0.15, -0.1) is 0 Å². The molecule has 0 atom stereocenters. The minimum atomic E-state index is -1.52. The molecule has 80 valence electrons. The second-order valence-corrected chi connectivity index (χ2v) is 3.91. The van der Waals surface area contributed by atoms with Gasteiger partial charge in [-0.3, -0.25) is 0 Å². The van der Waals surface area contributed by atoms with E-state index in [1.165, 1.54) is 0 Å². The standard InChI is InChI=1S/C12H10BClO2/c14-10-6-7-11(12(8-10)13(15)16)9-4-2-1-3-5-9/h1-8,15-16H. The first-order chi connectivity index (χ1) is 7.68. The summed E-state index contributed by atoms with van der Waals surface area (Å²) in [5, 5.41) is 19.1. The van der Waals surface area contributed by atoms with E-state index in [4.69, 9.17) is 11.6 Å². The minimum absolute atomic E-state index is 0.415. The lowest BCUT2D eigenvalue weighted by atomic mass is 9.75. The van der Waals surface area contributed by atoms with Crippen molar-refractivity contribution in [3.8, 4) is 11.1 Å². The molecule has 0 saturated heterocycles. The van der Waals surface area contributed by atoms with Crippen molar-refractivity contribution in [1.82, 2.24) is 0 Å². The highest BCUT2D eigenvalue weighted by Crippen LogP contribution is 2.19. The fourth-order valence-corrected chi connectivity index (χ4v) is 1.81. The summed E-state index contributed by atoms with van der Waals surface area (Å²) in [7, 11) is -1.52. The van der Waals surface area contributed by atoms with Crippen molar-refractivity contribution in [1.29, 1.82) is 0 Å². The summed E-state index contributed by atoms with van der Waals surface area (Å²) in [6.45, 7) is 0. The molecule has 0 fully saturated rings. The maximum absolute atomic E-state index is 9.29. The molecule has 4 heteroatoms. The lowest BCUT2D eigenvalue weighted by molar-refractivity contribution is 0.426. The van der Waals surface area contributed by atoms with Gasteiger partial charge in [0.25, 0.3) is 0 Å². The Kier molecular flexibility index (Phi) is 3.29. The summed E-state index contributed by atoms with van der Waals surface area (Å²) in [4.78, 5) is 0. The Labute approximate surface area is 99.3 Å². The third kappa shape index (κ3) is 2.27. The fraction of sp³-hybridized carbons (Fsp3) is 0. The Hall–Kier alpha value is -1.29. The van der Waals surface area contributed by atoms with Crippen LogP contribution in [0, 0.1) is 0 Å². The van der Waals surface area contributed by atoms with Crippen LogP contribution in [0.1, 0.15) is 0 Å². The first kappa shape index (κ1) is 11.2. The molecule has 0 aromatic heterocycles. The molecule has 0 amide bonds. The van der Waals surface area contributed by atoms with Gasteiger partial charge in [-0.1, -0.05) is 48.0 Å². The van der Waals surface area contributed by atoms with Crippen molar-refractivity contribution in [3.05, 3.63) is 53.6 Å². The van der Waals surface area contributed by atoms with Crippen LogP contribution >= 0.6 is 11.6 Å². The normalized spacial score (nSPS) is 10.2. The van der Waals surface area contributed by atoms with Crippen LogP contribution in [-0.4, -0.2) is 17.2 Å². The highest BCUT2D eigenvalue weighted by molar-refractivity contribution is 6.61. The molecular weight excluding hydrogens is 222 g/mol. The number of hydrogen-bond acceptors (Lipinski definition) is 2. The predicted molar refractivity (Wildman–Crippen MR) is 66.7 cm³/mol. The fourth-order valence-electron chi connectivity index (χ4n) is 1.63. The maximum atomic E-state index is 9.29.